The minimum atomic E-state index is -1.39. The largest absolute Gasteiger partial charge is 0.624 e. The van der Waals surface area contributed by atoms with Gasteiger partial charge in [-0.2, -0.15) is 4.98 Å². The molecule has 4 aromatic rings. The molecule has 0 spiro atoms. The number of anilines is 4. The maximum Gasteiger partial charge on any atom is 0.349 e. The summed E-state index contributed by atoms with van der Waals surface area (Å²) in [4.78, 5) is 94.5. The van der Waals surface area contributed by atoms with Gasteiger partial charge in [0.2, 0.25) is 17.8 Å². The normalized spacial score (nSPS) is 21.3. The zero-order valence-corrected chi connectivity index (χ0v) is 31.2. The number of piperazine rings is 1. The third-order valence-electron chi connectivity index (χ3n) is 11.5. The molecule has 1 aliphatic carbocycles. The summed E-state index contributed by atoms with van der Waals surface area (Å²) in [6, 6.07) is 7.50. The summed E-state index contributed by atoms with van der Waals surface area (Å²) < 4.78 is 0.284. The van der Waals surface area contributed by atoms with E-state index in [0.717, 1.165) is 31.4 Å². The molecule has 6 heterocycles. The predicted octanol–water partition coefficient (Wildman–Crippen LogP) is 3.09. The number of hydrogen-bond acceptors (Lipinski definition) is 13. The summed E-state index contributed by atoms with van der Waals surface area (Å²) in [6.07, 6.45) is 7.09. The van der Waals surface area contributed by atoms with Gasteiger partial charge in [-0.1, -0.05) is 25.0 Å². The summed E-state index contributed by atoms with van der Waals surface area (Å²) in [5, 5.41) is 22.8. The second-order valence-electron chi connectivity index (χ2n) is 14.9. The number of hydrogen-bond donors (Lipinski definition) is 3. The summed E-state index contributed by atoms with van der Waals surface area (Å²) >= 11 is 0. The molecule has 4 aliphatic rings. The molecule has 1 saturated carbocycles. The predicted molar refractivity (Wildman–Crippen MR) is 205 cm³/mol. The Hall–Kier alpha value is -6.07. The van der Waals surface area contributed by atoms with Crippen LogP contribution in [-0.4, -0.2) is 97.2 Å². The summed E-state index contributed by atoms with van der Waals surface area (Å²) in [5.74, 6) is -1.61. The molecule has 8 rings (SSSR count). The Balaban J connectivity index is 0.885. The fraction of sp³-hybridized carbons (Fsp3) is 0.410. The van der Waals surface area contributed by atoms with Crippen LogP contribution >= 0.6 is 0 Å². The van der Waals surface area contributed by atoms with Gasteiger partial charge in [0.1, 0.15) is 23.6 Å². The molecule has 0 radical (unpaired) electrons. The standard InChI is InChI=1S/C39H42N10O7/c1-22-27-19-42-39(45-35(27)48(25-7-3-4-8-25)37(54)33(22)23(2)50)43-30-12-10-26(18-41-30)46-14-16-47(17-15-46)32(52)20-40-28-9-5-6-24-21-49(56,38(55)34(24)28)29-11-13-31(51)44-36(29)53/h5-6,9-10,12,18-19,25,29,40H,3-4,7-8,11,13-17,20-21H2,1-2H3,(H,44,51,53)(H,41,42,43,45). The molecule has 0 bridgehead atoms. The van der Waals surface area contributed by atoms with E-state index in [1.165, 1.54) is 6.92 Å². The highest BCUT2D eigenvalue weighted by molar-refractivity contribution is 6.04. The van der Waals surface area contributed by atoms with Gasteiger partial charge in [-0.25, -0.2) is 14.8 Å². The number of pyridine rings is 2. The van der Waals surface area contributed by atoms with Gasteiger partial charge in [-0.15, -0.1) is 0 Å². The molecule has 290 valence electrons. The molecule has 56 heavy (non-hydrogen) atoms. The summed E-state index contributed by atoms with van der Waals surface area (Å²) in [5.41, 5.74) is 2.84. The van der Waals surface area contributed by atoms with Crippen molar-refractivity contribution in [1.29, 1.82) is 0 Å². The van der Waals surface area contributed by atoms with Crippen LogP contribution in [0.5, 0.6) is 0 Å². The monoisotopic (exact) mass is 762 g/mol. The Bertz CT molecular complexity index is 2350. The molecule has 2 saturated heterocycles. The first-order valence-electron chi connectivity index (χ1n) is 18.9. The number of nitrogens with one attached hydrogen (secondary N) is 3. The summed E-state index contributed by atoms with van der Waals surface area (Å²) in [7, 11) is 0. The fourth-order valence-electron chi connectivity index (χ4n) is 8.54. The van der Waals surface area contributed by atoms with E-state index < -0.39 is 28.4 Å². The molecular formula is C39H42N10O7. The molecular weight excluding hydrogens is 720 g/mol. The molecule has 17 nitrogen and oxygen atoms in total. The van der Waals surface area contributed by atoms with Crippen molar-refractivity contribution >= 4 is 63.6 Å². The molecule has 4 amide bonds. The van der Waals surface area contributed by atoms with E-state index in [4.69, 9.17) is 4.98 Å². The lowest BCUT2D eigenvalue weighted by Crippen LogP contribution is -2.60. The third kappa shape index (κ3) is 6.55. The number of amides is 4. The minimum Gasteiger partial charge on any atom is -0.624 e. The maximum atomic E-state index is 13.8. The van der Waals surface area contributed by atoms with Gasteiger partial charge in [-0.05, 0) is 50.5 Å². The summed E-state index contributed by atoms with van der Waals surface area (Å²) in [6.45, 7) is 4.91. The lowest BCUT2D eigenvalue weighted by atomic mass is 10.0. The first-order chi connectivity index (χ1) is 26.9. The van der Waals surface area contributed by atoms with Crippen LogP contribution in [0.15, 0.2) is 47.5 Å². The Labute approximate surface area is 321 Å². The van der Waals surface area contributed by atoms with Crippen molar-refractivity contribution < 1.29 is 28.6 Å². The van der Waals surface area contributed by atoms with Crippen molar-refractivity contribution in [3.05, 3.63) is 80.5 Å². The number of hydroxylamine groups is 3. The highest BCUT2D eigenvalue weighted by atomic mass is 16.6. The number of aryl methyl sites for hydroxylation is 1. The van der Waals surface area contributed by atoms with E-state index in [-0.39, 0.29) is 66.3 Å². The molecule has 3 fully saturated rings. The van der Waals surface area contributed by atoms with Crippen LogP contribution in [0.4, 0.5) is 23.1 Å². The average Bonchev–Trinajstić information content (AvgIpc) is 3.80. The second kappa shape index (κ2) is 14.5. The van der Waals surface area contributed by atoms with Gasteiger partial charge < -0.3 is 25.6 Å². The van der Waals surface area contributed by atoms with Crippen LogP contribution in [0, 0.1) is 12.1 Å². The van der Waals surface area contributed by atoms with Crippen LogP contribution in [-0.2, 0) is 20.9 Å². The minimum absolute atomic E-state index is 0.00501. The van der Waals surface area contributed by atoms with Crippen LogP contribution in [0.1, 0.15) is 83.3 Å². The molecule has 3 aliphatic heterocycles. The molecule has 3 aromatic heterocycles. The average molecular weight is 763 g/mol. The number of carbonyl (C=O) groups is 5. The second-order valence-corrected chi connectivity index (χ2v) is 14.9. The molecule has 17 heteroatoms. The lowest BCUT2D eigenvalue weighted by Gasteiger charge is -2.42. The molecule has 1 aromatic carbocycles. The van der Waals surface area contributed by atoms with E-state index >= 15 is 0 Å². The van der Waals surface area contributed by atoms with E-state index in [2.05, 4.69) is 30.8 Å². The first kappa shape index (κ1) is 36.9. The van der Waals surface area contributed by atoms with Crippen LogP contribution < -0.4 is 26.4 Å². The smallest absolute Gasteiger partial charge is 0.349 e. The van der Waals surface area contributed by atoms with Crippen molar-refractivity contribution in [3.63, 3.8) is 0 Å². The van der Waals surface area contributed by atoms with Crippen molar-refractivity contribution in [2.75, 3.05) is 48.3 Å². The van der Waals surface area contributed by atoms with Crippen LogP contribution in [0.3, 0.4) is 0 Å². The Morgan fingerprint density at radius 3 is 2.45 bits per heavy atom. The number of ketones is 1. The quantitative estimate of drug-likeness (QED) is 0.0970. The SMILES string of the molecule is CC(=O)c1c(C)c2cnc(Nc3ccc(N4CCN(C(=O)CNc5cccc6c5C(=O)[N+]([O-])(C5CCC(=O)NC5=O)C6)CC4)cn3)nc2n(C2CCCC2)c1=O. The maximum absolute atomic E-state index is 13.8. The number of carbonyl (C=O) groups excluding carboxylic acids is 5. The third-order valence-corrected chi connectivity index (χ3v) is 11.5. The van der Waals surface area contributed by atoms with E-state index in [1.807, 2.05) is 12.1 Å². The number of Topliss-reactive ketones (excluding diaryl/α,β-unsaturated/α-hetero) is 1. The molecule has 2 atom stereocenters. The van der Waals surface area contributed by atoms with Crippen LogP contribution in [0.25, 0.3) is 11.0 Å². The Morgan fingerprint density at radius 1 is 0.982 bits per heavy atom. The molecule has 2 unspecified atom stereocenters. The number of benzene rings is 1. The van der Waals surface area contributed by atoms with Gasteiger partial charge in [-0.3, -0.25) is 38.5 Å². The lowest BCUT2D eigenvalue weighted by molar-refractivity contribution is -0.825. The van der Waals surface area contributed by atoms with Gasteiger partial charge in [0.25, 0.3) is 11.5 Å². The number of imide groups is 1. The Morgan fingerprint density at radius 2 is 1.75 bits per heavy atom. The Kier molecular flexibility index (Phi) is 9.58. The van der Waals surface area contributed by atoms with E-state index in [9.17, 15) is 34.0 Å². The van der Waals surface area contributed by atoms with Crippen molar-refractivity contribution in [1.82, 2.24) is 29.7 Å². The highest BCUT2D eigenvalue weighted by Crippen LogP contribution is 2.38. The van der Waals surface area contributed by atoms with Crippen LogP contribution in [0.2, 0.25) is 0 Å². The van der Waals surface area contributed by atoms with Crippen molar-refractivity contribution in [3.8, 4) is 0 Å². The van der Waals surface area contributed by atoms with Gasteiger partial charge >= 0.3 is 5.91 Å². The van der Waals surface area contributed by atoms with Gasteiger partial charge in [0, 0.05) is 62.2 Å². The topological polar surface area (TPSA) is 212 Å². The van der Waals surface area contributed by atoms with E-state index in [1.54, 1.807) is 47.0 Å². The van der Waals surface area contributed by atoms with Gasteiger partial charge in [0.15, 0.2) is 11.8 Å². The number of nitrogens with zero attached hydrogens (tertiary/aromatic N) is 7. The number of piperidine rings is 1. The number of quaternary nitrogens is 1. The molecule has 3 N–H and O–H groups in total. The highest BCUT2D eigenvalue weighted by Gasteiger charge is 2.50. The number of fused-ring (bicyclic) bond motifs is 2. The zero-order valence-electron chi connectivity index (χ0n) is 31.2. The van der Waals surface area contributed by atoms with Crippen molar-refractivity contribution in [2.45, 2.75) is 71.0 Å². The van der Waals surface area contributed by atoms with Crippen molar-refractivity contribution in [2.24, 2.45) is 0 Å². The van der Waals surface area contributed by atoms with Gasteiger partial charge in [0.05, 0.1) is 29.7 Å². The first-order valence-corrected chi connectivity index (χ1v) is 18.9. The van der Waals surface area contributed by atoms with E-state index in [0.29, 0.717) is 59.8 Å². The number of aromatic nitrogens is 4. The fourth-order valence-corrected chi connectivity index (χ4v) is 8.54. The number of rotatable bonds is 9. The zero-order chi connectivity index (χ0) is 39.3.